The van der Waals surface area contributed by atoms with Gasteiger partial charge in [0.2, 0.25) is 11.8 Å². The van der Waals surface area contributed by atoms with E-state index in [2.05, 4.69) is 11.0 Å². The van der Waals surface area contributed by atoms with Crippen molar-refractivity contribution in [3.8, 4) is 0 Å². The molecule has 2 amide bonds. The summed E-state index contributed by atoms with van der Waals surface area (Å²) in [5.74, 6) is -0.689. The standard InChI is InChI=1S/C42H46F3N3O4/c1-31-9-15-36(32(2)27-31)30-52-24-21-46(3)41(50)39(28-34-7-5-4-6-8-34)48(29-35-12-18-38(19-13-35)47-22-25-51-26-23-47)40(49)20-14-33-10-16-37(17-11-33)42(43,44)45/h4-20,27,39H,21-26,28-30H2,1-3H3. The molecule has 0 radical (unpaired) electrons. The van der Waals surface area contributed by atoms with Crippen LogP contribution in [0.2, 0.25) is 0 Å². The number of alkyl halides is 3. The lowest BCUT2D eigenvalue weighted by atomic mass is 10.0. The van der Waals surface area contributed by atoms with Crippen LogP contribution in [0.4, 0.5) is 18.9 Å². The van der Waals surface area contributed by atoms with E-state index in [1.54, 1.807) is 16.8 Å². The van der Waals surface area contributed by atoms with Crippen LogP contribution < -0.4 is 4.90 Å². The fourth-order valence-corrected chi connectivity index (χ4v) is 6.14. The van der Waals surface area contributed by atoms with E-state index in [4.69, 9.17) is 9.47 Å². The largest absolute Gasteiger partial charge is 0.416 e. The third kappa shape index (κ3) is 10.8. The molecule has 0 aliphatic carbocycles. The smallest absolute Gasteiger partial charge is 0.378 e. The highest BCUT2D eigenvalue weighted by Crippen LogP contribution is 2.29. The van der Waals surface area contributed by atoms with Crippen LogP contribution in [0.1, 0.15) is 38.9 Å². The molecule has 5 rings (SSSR count). The number of aryl methyl sites for hydroxylation is 2. The van der Waals surface area contributed by atoms with E-state index in [1.165, 1.54) is 29.8 Å². The van der Waals surface area contributed by atoms with Gasteiger partial charge in [-0.3, -0.25) is 9.59 Å². The Morgan fingerprint density at radius 1 is 0.904 bits per heavy atom. The monoisotopic (exact) mass is 713 g/mol. The van der Waals surface area contributed by atoms with Crippen molar-refractivity contribution in [2.45, 2.75) is 45.6 Å². The molecule has 4 aromatic carbocycles. The third-order valence-corrected chi connectivity index (χ3v) is 9.24. The Labute approximate surface area is 304 Å². The Balaban J connectivity index is 1.39. The van der Waals surface area contributed by atoms with Crippen LogP contribution in [0, 0.1) is 13.8 Å². The van der Waals surface area contributed by atoms with Gasteiger partial charge in [-0.25, -0.2) is 0 Å². The summed E-state index contributed by atoms with van der Waals surface area (Å²) in [7, 11) is 1.71. The first kappa shape index (κ1) is 38.3. The molecule has 10 heteroatoms. The zero-order valence-electron chi connectivity index (χ0n) is 29.9. The summed E-state index contributed by atoms with van der Waals surface area (Å²) in [6, 6.07) is 27.4. The summed E-state index contributed by atoms with van der Waals surface area (Å²) < 4.78 is 50.9. The van der Waals surface area contributed by atoms with Crippen LogP contribution in [0.15, 0.2) is 103 Å². The Hall–Kier alpha value is -4.93. The number of carbonyl (C=O) groups excluding carboxylic acids is 2. The van der Waals surface area contributed by atoms with Crippen molar-refractivity contribution in [2.75, 3.05) is 51.4 Å². The van der Waals surface area contributed by atoms with Crippen molar-refractivity contribution in [1.82, 2.24) is 9.80 Å². The molecular formula is C42H46F3N3O4. The lowest BCUT2D eigenvalue weighted by molar-refractivity contribution is -0.143. The highest BCUT2D eigenvalue weighted by Gasteiger charge is 2.32. The third-order valence-electron chi connectivity index (χ3n) is 9.24. The zero-order chi connectivity index (χ0) is 37.1. The van der Waals surface area contributed by atoms with Crippen LogP contribution >= 0.6 is 0 Å². The minimum atomic E-state index is -4.46. The van der Waals surface area contributed by atoms with Crippen molar-refractivity contribution in [2.24, 2.45) is 0 Å². The van der Waals surface area contributed by atoms with E-state index < -0.39 is 23.7 Å². The maximum Gasteiger partial charge on any atom is 0.416 e. The van der Waals surface area contributed by atoms with E-state index >= 15 is 0 Å². The van der Waals surface area contributed by atoms with Gasteiger partial charge in [0.1, 0.15) is 6.04 Å². The molecule has 0 saturated carbocycles. The van der Waals surface area contributed by atoms with Crippen LogP contribution in [0.3, 0.4) is 0 Å². The molecule has 0 aromatic heterocycles. The number of hydrogen-bond acceptors (Lipinski definition) is 5. The maximum absolute atomic E-state index is 14.3. The van der Waals surface area contributed by atoms with Gasteiger partial charge in [0, 0.05) is 51.4 Å². The van der Waals surface area contributed by atoms with E-state index in [0.29, 0.717) is 38.5 Å². The van der Waals surface area contributed by atoms with E-state index in [-0.39, 0.29) is 18.9 Å². The predicted molar refractivity (Wildman–Crippen MR) is 198 cm³/mol. The average molecular weight is 714 g/mol. The van der Waals surface area contributed by atoms with Crippen LogP contribution in [-0.4, -0.2) is 74.2 Å². The summed E-state index contributed by atoms with van der Waals surface area (Å²) in [6.45, 7) is 8.14. The molecule has 7 nitrogen and oxygen atoms in total. The molecule has 0 spiro atoms. The number of amides is 2. The van der Waals surface area contributed by atoms with Gasteiger partial charge in [-0.1, -0.05) is 78.4 Å². The van der Waals surface area contributed by atoms with Gasteiger partial charge in [-0.15, -0.1) is 0 Å². The number of rotatable bonds is 14. The number of likely N-dealkylation sites (N-methyl/N-ethyl adjacent to an activating group) is 1. The van der Waals surface area contributed by atoms with Gasteiger partial charge < -0.3 is 24.2 Å². The van der Waals surface area contributed by atoms with E-state index in [1.807, 2.05) is 80.6 Å². The quantitative estimate of drug-likeness (QED) is 0.100. The molecule has 0 bridgehead atoms. The fraction of sp³-hybridized carbons (Fsp3) is 0.333. The van der Waals surface area contributed by atoms with Crippen LogP contribution in [0.5, 0.6) is 0 Å². The number of anilines is 1. The minimum Gasteiger partial charge on any atom is -0.378 e. The molecule has 1 aliphatic rings. The maximum atomic E-state index is 14.3. The average Bonchev–Trinajstić information content (AvgIpc) is 3.15. The number of nitrogens with zero attached hydrogens (tertiary/aromatic N) is 3. The van der Waals surface area contributed by atoms with Crippen molar-refractivity contribution >= 4 is 23.6 Å². The van der Waals surface area contributed by atoms with Gasteiger partial charge in [-0.05, 0) is 72.0 Å². The molecule has 1 atom stereocenters. The molecule has 274 valence electrons. The van der Waals surface area contributed by atoms with Crippen LogP contribution in [-0.2, 0) is 44.8 Å². The second-order valence-corrected chi connectivity index (χ2v) is 13.1. The Morgan fingerprint density at radius 2 is 1.60 bits per heavy atom. The van der Waals surface area contributed by atoms with Crippen molar-refractivity contribution in [1.29, 1.82) is 0 Å². The second-order valence-electron chi connectivity index (χ2n) is 13.1. The first-order valence-electron chi connectivity index (χ1n) is 17.5. The van der Waals surface area contributed by atoms with Crippen molar-refractivity contribution < 1.29 is 32.2 Å². The summed E-state index contributed by atoms with van der Waals surface area (Å²) in [5.41, 5.74) is 5.82. The fourth-order valence-electron chi connectivity index (χ4n) is 6.14. The molecular weight excluding hydrogens is 667 g/mol. The SMILES string of the molecule is Cc1ccc(COCCN(C)C(=O)C(Cc2ccccc2)N(Cc2ccc(N3CCOCC3)cc2)C(=O)C=Cc2ccc(C(F)(F)F)cc2)c(C)c1. The summed E-state index contributed by atoms with van der Waals surface area (Å²) >= 11 is 0. The Kier molecular flexibility index (Phi) is 13.3. The van der Waals surface area contributed by atoms with Crippen molar-refractivity contribution in [3.05, 3.63) is 142 Å². The molecule has 1 aliphatic heterocycles. The number of morpholine rings is 1. The lowest BCUT2D eigenvalue weighted by Gasteiger charge is -2.34. The molecule has 1 saturated heterocycles. The molecule has 0 N–H and O–H groups in total. The lowest BCUT2D eigenvalue weighted by Crippen LogP contribution is -2.51. The van der Waals surface area contributed by atoms with Crippen LogP contribution in [0.25, 0.3) is 6.08 Å². The number of benzene rings is 4. The number of ether oxygens (including phenoxy) is 2. The number of hydrogen-bond donors (Lipinski definition) is 0. The van der Waals surface area contributed by atoms with Gasteiger partial charge >= 0.3 is 6.18 Å². The molecule has 4 aromatic rings. The Bertz CT molecular complexity index is 1790. The zero-order valence-corrected chi connectivity index (χ0v) is 29.9. The predicted octanol–water partition coefficient (Wildman–Crippen LogP) is 7.49. The molecule has 1 fully saturated rings. The number of carbonyl (C=O) groups is 2. The normalized spacial score (nSPS) is 14.0. The van der Waals surface area contributed by atoms with Crippen molar-refractivity contribution in [3.63, 3.8) is 0 Å². The van der Waals surface area contributed by atoms with E-state index in [9.17, 15) is 22.8 Å². The highest BCUT2D eigenvalue weighted by molar-refractivity contribution is 5.95. The molecule has 1 unspecified atom stereocenters. The summed E-state index contributed by atoms with van der Waals surface area (Å²) in [5, 5.41) is 0. The summed E-state index contributed by atoms with van der Waals surface area (Å²) in [6.07, 6.45) is -1.40. The van der Waals surface area contributed by atoms with Gasteiger partial charge in [0.15, 0.2) is 0 Å². The number of halogens is 3. The van der Waals surface area contributed by atoms with Gasteiger partial charge in [0.05, 0.1) is 32.0 Å². The topological polar surface area (TPSA) is 62.3 Å². The van der Waals surface area contributed by atoms with E-state index in [0.717, 1.165) is 53.2 Å². The second kappa shape index (κ2) is 18.0. The van der Waals surface area contributed by atoms with Gasteiger partial charge in [0.25, 0.3) is 0 Å². The summed E-state index contributed by atoms with van der Waals surface area (Å²) in [4.78, 5) is 33.8. The minimum absolute atomic E-state index is 0.139. The first-order valence-corrected chi connectivity index (χ1v) is 17.5. The highest BCUT2D eigenvalue weighted by atomic mass is 19.4. The first-order chi connectivity index (χ1) is 25.0. The molecule has 1 heterocycles. The Morgan fingerprint density at radius 3 is 2.25 bits per heavy atom. The van der Waals surface area contributed by atoms with Gasteiger partial charge in [-0.2, -0.15) is 13.2 Å². The molecule has 52 heavy (non-hydrogen) atoms.